The molecule has 1 saturated heterocycles. The van der Waals surface area contributed by atoms with E-state index >= 15 is 0 Å². The molecule has 10 heteroatoms. The fourth-order valence-corrected chi connectivity index (χ4v) is 4.89. The first-order chi connectivity index (χ1) is 15.4. The molecule has 0 radical (unpaired) electrons. The summed E-state index contributed by atoms with van der Waals surface area (Å²) in [4.78, 5) is 12.7. The Kier molecular flexibility index (Phi) is 8.22. The maximum Gasteiger partial charge on any atom is 0.417 e. The Bertz CT molecular complexity index is 897. The molecule has 194 valence electrons. The van der Waals surface area contributed by atoms with Crippen LogP contribution in [0.2, 0.25) is 18.1 Å². The summed E-state index contributed by atoms with van der Waals surface area (Å²) < 4.78 is 79.1. The van der Waals surface area contributed by atoms with Crippen molar-refractivity contribution in [2.24, 2.45) is 5.92 Å². The van der Waals surface area contributed by atoms with Crippen LogP contribution in [0.5, 0.6) is 5.75 Å². The number of hydrogen-bond donors (Lipinski definition) is 0. The van der Waals surface area contributed by atoms with Gasteiger partial charge in [-0.15, -0.1) is 0 Å². The van der Waals surface area contributed by atoms with Crippen molar-refractivity contribution in [2.75, 3.05) is 13.7 Å². The van der Waals surface area contributed by atoms with Crippen LogP contribution in [0.15, 0.2) is 12.1 Å². The van der Waals surface area contributed by atoms with Gasteiger partial charge in [0.05, 0.1) is 25.9 Å². The molecule has 0 bridgehead atoms. The van der Waals surface area contributed by atoms with Crippen LogP contribution in [0.4, 0.5) is 17.6 Å². The topological polar surface area (TPSA) is 54.0 Å². The first-order valence-electron chi connectivity index (χ1n) is 11.3. The second-order valence-electron chi connectivity index (χ2n) is 10.4. The molecule has 1 aliphatic heterocycles. The average Bonchev–Trinajstić information content (AvgIpc) is 2.98. The number of halogens is 4. The molecule has 5 nitrogen and oxygen atoms in total. The van der Waals surface area contributed by atoms with E-state index in [0.717, 1.165) is 6.92 Å². The van der Waals surface area contributed by atoms with Crippen LogP contribution in [0.3, 0.4) is 0 Å². The van der Waals surface area contributed by atoms with Crippen LogP contribution in [0.1, 0.15) is 58.6 Å². The predicted octanol–water partition coefficient (Wildman–Crippen LogP) is 6.36. The largest absolute Gasteiger partial charge is 0.496 e. The minimum absolute atomic E-state index is 0.0192. The van der Waals surface area contributed by atoms with E-state index < -0.39 is 49.8 Å². The molecule has 3 unspecified atom stereocenters. The molecule has 1 aliphatic rings. The number of rotatable bonds is 7. The van der Waals surface area contributed by atoms with E-state index in [9.17, 15) is 22.4 Å². The second-order valence-corrected chi connectivity index (χ2v) is 15.2. The first-order valence-corrected chi connectivity index (χ1v) is 14.2. The Morgan fingerprint density at radius 1 is 1.21 bits per heavy atom. The zero-order valence-electron chi connectivity index (χ0n) is 21.4. The van der Waals surface area contributed by atoms with Crippen molar-refractivity contribution in [3.05, 3.63) is 29.1 Å². The molecule has 1 fully saturated rings. The van der Waals surface area contributed by atoms with Gasteiger partial charge in [0.2, 0.25) is 0 Å². The highest BCUT2D eigenvalue weighted by atomic mass is 28.4. The summed E-state index contributed by atoms with van der Waals surface area (Å²) >= 11 is 0. The number of ether oxygens (including phenoxy) is 3. The van der Waals surface area contributed by atoms with E-state index in [-0.39, 0.29) is 35.1 Å². The van der Waals surface area contributed by atoms with Gasteiger partial charge in [-0.1, -0.05) is 33.8 Å². The molecule has 34 heavy (non-hydrogen) atoms. The number of esters is 1. The van der Waals surface area contributed by atoms with Crippen LogP contribution in [0, 0.1) is 11.7 Å². The molecule has 2 rings (SSSR count). The molecule has 0 aromatic heterocycles. The third-order valence-corrected chi connectivity index (χ3v) is 11.8. The summed E-state index contributed by atoms with van der Waals surface area (Å²) in [6.07, 6.45) is -6.27. The SMILES string of the molecule is CCOC(=O)[C@@H]1OC(C)(C(F)(F)F)C(C)C1c1ccc(F)c(CO[Si](C)(C)C(C)(C)C)c1OC. The molecule has 0 N–H and O–H groups in total. The number of hydrogen-bond acceptors (Lipinski definition) is 5. The van der Waals surface area contributed by atoms with Crippen LogP contribution >= 0.6 is 0 Å². The second kappa shape index (κ2) is 9.77. The maximum atomic E-state index is 14.9. The molecule has 0 saturated carbocycles. The summed E-state index contributed by atoms with van der Waals surface area (Å²) in [6, 6.07) is 2.52. The normalized spacial score (nSPS) is 26.0. The maximum absolute atomic E-state index is 14.9. The fourth-order valence-electron chi connectivity index (χ4n) is 3.95. The first kappa shape index (κ1) is 28.6. The van der Waals surface area contributed by atoms with Gasteiger partial charge in [0, 0.05) is 17.4 Å². The molecule has 0 spiro atoms. The van der Waals surface area contributed by atoms with E-state index in [1.807, 2.05) is 33.9 Å². The Labute approximate surface area is 200 Å². The third kappa shape index (κ3) is 5.13. The quantitative estimate of drug-likeness (QED) is 0.244. The summed E-state index contributed by atoms with van der Waals surface area (Å²) in [5, 5.41) is -0.133. The number of methoxy groups -OCH3 is 1. The minimum atomic E-state index is -4.74. The lowest BCUT2D eigenvalue weighted by Gasteiger charge is -2.36. The molecular formula is C24H36F4O5Si. The van der Waals surface area contributed by atoms with Crippen molar-refractivity contribution in [2.45, 2.75) is 90.1 Å². The van der Waals surface area contributed by atoms with Crippen LogP contribution in [-0.2, 0) is 25.3 Å². The Morgan fingerprint density at radius 2 is 1.79 bits per heavy atom. The average molecular weight is 509 g/mol. The van der Waals surface area contributed by atoms with Gasteiger partial charge < -0.3 is 18.6 Å². The van der Waals surface area contributed by atoms with E-state index in [2.05, 4.69) is 0 Å². The van der Waals surface area contributed by atoms with Gasteiger partial charge in [-0.2, -0.15) is 13.2 Å². The molecule has 1 aromatic carbocycles. The monoisotopic (exact) mass is 508 g/mol. The highest BCUT2D eigenvalue weighted by molar-refractivity contribution is 6.74. The van der Waals surface area contributed by atoms with Gasteiger partial charge in [0.15, 0.2) is 20.0 Å². The van der Waals surface area contributed by atoms with Crippen LogP contribution in [0.25, 0.3) is 0 Å². The molecule has 0 amide bonds. The minimum Gasteiger partial charge on any atom is -0.496 e. The van der Waals surface area contributed by atoms with Crippen LogP contribution < -0.4 is 4.74 Å². The lowest BCUT2D eigenvalue weighted by atomic mass is 9.76. The van der Waals surface area contributed by atoms with Crippen molar-refractivity contribution in [3.63, 3.8) is 0 Å². The van der Waals surface area contributed by atoms with Gasteiger partial charge in [-0.05, 0) is 38.0 Å². The van der Waals surface area contributed by atoms with Crippen molar-refractivity contribution in [3.8, 4) is 5.75 Å². The highest BCUT2D eigenvalue weighted by Gasteiger charge is 2.66. The Hall–Kier alpha value is -1.65. The van der Waals surface area contributed by atoms with E-state index in [4.69, 9.17) is 18.6 Å². The van der Waals surface area contributed by atoms with Crippen molar-refractivity contribution in [1.29, 1.82) is 0 Å². The van der Waals surface area contributed by atoms with Crippen molar-refractivity contribution >= 4 is 14.3 Å². The van der Waals surface area contributed by atoms with E-state index in [0.29, 0.717) is 0 Å². The predicted molar refractivity (Wildman–Crippen MR) is 123 cm³/mol. The zero-order chi connectivity index (χ0) is 26.3. The lowest BCUT2D eigenvalue weighted by Crippen LogP contribution is -2.47. The van der Waals surface area contributed by atoms with Gasteiger partial charge in [0.1, 0.15) is 11.6 Å². The number of carbonyl (C=O) groups excluding carboxylic acids is 1. The molecular weight excluding hydrogens is 472 g/mol. The van der Waals surface area contributed by atoms with Crippen LogP contribution in [-0.4, -0.2) is 45.9 Å². The van der Waals surface area contributed by atoms with Gasteiger partial charge in [-0.3, -0.25) is 0 Å². The number of alkyl halides is 3. The fraction of sp³-hybridized carbons (Fsp3) is 0.708. The smallest absolute Gasteiger partial charge is 0.417 e. The molecule has 1 aromatic rings. The van der Waals surface area contributed by atoms with Crippen molar-refractivity contribution in [1.82, 2.24) is 0 Å². The van der Waals surface area contributed by atoms with Gasteiger partial charge >= 0.3 is 12.1 Å². The third-order valence-electron chi connectivity index (χ3n) is 7.37. The summed E-state index contributed by atoms with van der Waals surface area (Å²) in [7, 11) is -0.952. The number of benzene rings is 1. The Balaban J connectivity index is 2.61. The lowest BCUT2D eigenvalue weighted by molar-refractivity contribution is -0.274. The standard InChI is InChI=1S/C24H36F4O5Si/c1-10-31-21(29)20-18(14(2)23(6,33-20)24(26,27)28)15-11-12-17(25)16(19(15)30-7)13-32-34(8,9)22(3,4)5/h11-12,14,18,20H,10,13H2,1-9H3/t14?,18?,20-,23?/m1/s1. The number of carbonyl (C=O) groups is 1. The molecule has 4 atom stereocenters. The van der Waals surface area contributed by atoms with E-state index in [1.165, 1.54) is 26.2 Å². The van der Waals surface area contributed by atoms with Gasteiger partial charge in [0.25, 0.3) is 0 Å². The molecule has 0 aliphatic carbocycles. The van der Waals surface area contributed by atoms with Gasteiger partial charge in [-0.25, -0.2) is 9.18 Å². The zero-order valence-corrected chi connectivity index (χ0v) is 22.4. The summed E-state index contributed by atoms with van der Waals surface area (Å²) in [5.74, 6) is -3.71. The summed E-state index contributed by atoms with van der Waals surface area (Å²) in [6.45, 7) is 13.9. The summed E-state index contributed by atoms with van der Waals surface area (Å²) in [5.41, 5.74) is -2.26. The molecule has 1 heterocycles. The van der Waals surface area contributed by atoms with E-state index in [1.54, 1.807) is 6.92 Å². The Morgan fingerprint density at radius 3 is 2.26 bits per heavy atom. The van der Waals surface area contributed by atoms with Crippen molar-refractivity contribution < 1.29 is 41.0 Å². The highest BCUT2D eigenvalue weighted by Crippen LogP contribution is 2.55.